The molecule has 0 saturated carbocycles. The van der Waals surface area contributed by atoms with Crippen molar-refractivity contribution in [1.82, 2.24) is 0 Å². The number of thioether (sulfide) groups is 1. The van der Waals surface area contributed by atoms with Gasteiger partial charge in [-0.3, -0.25) is 4.79 Å². The van der Waals surface area contributed by atoms with Crippen LogP contribution in [0.25, 0.3) is 6.08 Å². The molecule has 2 aromatic carbocycles. The molecule has 3 rings (SSSR count). The molecule has 2 aromatic rings. The molecule has 0 unspecified atom stereocenters. The number of phenolic OH excluding ortho intramolecular Hbond substituents is 1. The maximum atomic E-state index is 12.1. The number of hydrogen-bond donors (Lipinski definition) is 1. The highest BCUT2D eigenvalue weighted by atomic mass is 32.2. The van der Waals surface area contributed by atoms with Gasteiger partial charge in [0, 0.05) is 10.5 Å². The predicted molar refractivity (Wildman–Crippen MR) is 72.7 cm³/mol. The predicted octanol–water partition coefficient (Wildman–Crippen LogP) is 3.72. The third-order valence-corrected chi connectivity index (χ3v) is 3.87. The lowest BCUT2D eigenvalue weighted by Gasteiger charge is -1.96. The molecular formula is C15H10O2S. The van der Waals surface area contributed by atoms with Crippen LogP contribution in [-0.2, 0) is 0 Å². The number of phenols is 1. The van der Waals surface area contributed by atoms with E-state index in [1.54, 1.807) is 24.3 Å². The van der Waals surface area contributed by atoms with E-state index in [0.29, 0.717) is 0 Å². The molecule has 0 saturated heterocycles. The zero-order valence-corrected chi connectivity index (χ0v) is 10.3. The van der Waals surface area contributed by atoms with Gasteiger partial charge in [-0.25, -0.2) is 0 Å². The van der Waals surface area contributed by atoms with E-state index in [1.165, 1.54) is 11.8 Å². The fourth-order valence-corrected chi connectivity index (χ4v) is 2.91. The molecule has 18 heavy (non-hydrogen) atoms. The maximum absolute atomic E-state index is 12.1. The fraction of sp³-hybridized carbons (Fsp3) is 0. The Hall–Kier alpha value is -2.00. The van der Waals surface area contributed by atoms with Crippen LogP contribution in [0.3, 0.4) is 0 Å². The molecule has 0 bridgehead atoms. The maximum Gasteiger partial charge on any atom is 0.200 e. The largest absolute Gasteiger partial charge is 0.508 e. The SMILES string of the molecule is O=C1/C(=C/c2ccc(O)cc2)Sc2ccccc21. The highest BCUT2D eigenvalue weighted by molar-refractivity contribution is 8.04. The molecule has 1 aliphatic rings. The first kappa shape index (κ1) is 11.1. The summed E-state index contributed by atoms with van der Waals surface area (Å²) in [7, 11) is 0. The first-order valence-corrected chi connectivity index (χ1v) is 6.38. The van der Waals surface area contributed by atoms with Crippen molar-refractivity contribution in [1.29, 1.82) is 0 Å². The third-order valence-electron chi connectivity index (χ3n) is 2.77. The Morgan fingerprint density at radius 1 is 1.00 bits per heavy atom. The summed E-state index contributed by atoms with van der Waals surface area (Å²) in [5, 5.41) is 9.22. The molecule has 0 fully saturated rings. The van der Waals surface area contributed by atoms with Crippen LogP contribution in [0.2, 0.25) is 0 Å². The Balaban J connectivity index is 1.97. The molecule has 3 heteroatoms. The van der Waals surface area contributed by atoms with Crippen molar-refractivity contribution in [3.63, 3.8) is 0 Å². The Kier molecular flexibility index (Phi) is 2.68. The molecule has 0 spiro atoms. The van der Waals surface area contributed by atoms with Crippen molar-refractivity contribution in [3.8, 4) is 5.75 Å². The molecule has 0 aliphatic carbocycles. The summed E-state index contributed by atoms with van der Waals surface area (Å²) in [5.41, 5.74) is 1.68. The van der Waals surface area contributed by atoms with Crippen LogP contribution in [0.15, 0.2) is 58.3 Å². The van der Waals surface area contributed by atoms with E-state index in [0.717, 1.165) is 20.9 Å². The second-order valence-corrected chi connectivity index (χ2v) is 5.11. The van der Waals surface area contributed by atoms with Gasteiger partial charge in [0.05, 0.1) is 4.91 Å². The summed E-state index contributed by atoms with van der Waals surface area (Å²) in [6.07, 6.45) is 1.85. The molecular weight excluding hydrogens is 244 g/mol. The summed E-state index contributed by atoms with van der Waals surface area (Å²) >= 11 is 1.49. The number of hydrogen-bond acceptors (Lipinski definition) is 3. The number of carbonyl (C=O) groups is 1. The lowest BCUT2D eigenvalue weighted by Crippen LogP contribution is -1.93. The van der Waals surface area contributed by atoms with Crippen molar-refractivity contribution < 1.29 is 9.90 Å². The molecule has 0 amide bonds. The van der Waals surface area contributed by atoms with Gasteiger partial charge in [0.15, 0.2) is 0 Å². The van der Waals surface area contributed by atoms with Gasteiger partial charge in [-0.1, -0.05) is 36.0 Å². The Morgan fingerprint density at radius 2 is 1.72 bits per heavy atom. The van der Waals surface area contributed by atoms with Crippen molar-refractivity contribution in [2.24, 2.45) is 0 Å². The molecule has 0 atom stereocenters. The fourth-order valence-electron chi connectivity index (χ4n) is 1.86. The van der Waals surface area contributed by atoms with Gasteiger partial charge in [0.25, 0.3) is 0 Å². The second kappa shape index (κ2) is 4.35. The van der Waals surface area contributed by atoms with E-state index >= 15 is 0 Å². The van der Waals surface area contributed by atoms with Crippen LogP contribution < -0.4 is 0 Å². The van der Waals surface area contributed by atoms with E-state index in [9.17, 15) is 9.90 Å². The third kappa shape index (κ3) is 1.93. The Morgan fingerprint density at radius 3 is 2.44 bits per heavy atom. The molecule has 0 radical (unpaired) electrons. The van der Waals surface area contributed by atoms with Gasteiger partial charge >= 0.3 is 0 Å². The monoisotopic (exact) mass is 254 g/mol. The summed E-state index contributed by atoms with van der Waals surface area (Å²) in [4.78, 5) is 13.9. The molecule has 1 N–H and O–H groups in total. The first-order chi connectivity index (χ1) is 8.74. The number of benzene rings is 2. The zero-order valence-electron chi connectivity index (χ0n) is 9.46. The lowest BCUT2D eigenvalue weighted by atomic mass is 10.1. The normalized spacial score (nSPS) is 16.0. The van der Waals surface area contributed by atoms with E-state index < -0.39 is 0 Å². The van der Waals surface area contributed by atoms with Crippen LogP contribution in [0.1, 0.15) is 15.9 Å². The Labute approximate surface area is 109 Å². The van der Waals surface area contributed by atoms with Gasteiger partial charge in [-0.15, -0.1) is 0 Å². The average molecular weight is 254 g/mol. The van der Waals surface area contributed by atoms with Gasteiger partial charge in [0.1, 0.15) is 5.75 Å². The van der Waals surface area contributed by atoms with Crippen LogP contribution in [-0.4, -0.2) is 10.9 Å². The van der Waals surface area contributed by atoms with E-state index in [4.69, 9.17) is 0 Å². The van der Waals surface area contributed by atoms with Gasteiger partial charge in [-0.05, 0) is 35.9 Å². The molecule has 88 valence electrons. The molecule has 1 aliphatic heterocycles. The summed E-state index contributed by atoms with van der Waals surface area (Å²) in [5.74, 6) is 0.300. The second-order valence-electron chi connectivity index (χ2n) is 4.03. The average Bonchev–Trinajstić information content (AvgIpc) is 2.70. The highest BCUT2D eigenvalue weighted by Crippen LogP contribution is 2.40. The van der Waals surface area contributed by atoms with Crippen LogP contribution >= 0.6 is 11.8 Å². The molecule has 1 heterocycles. The standard InChI is InChI=1S/C15H10O2S/c16-11-7-5-10(6-8-11)9-14-15(17)12-3-1-2-4-13(12)18-14/h1-9,16H/b14-9-. The Bertz CT molecular complexity index is 642. The van der Waals surface area contributed by atoms with E-state index in [2.05, 4.69) is 0 Å². The van der Waals surface area contributed by atoms with Crippen LogP contribution in [0.5, 0.6) is 5.75 Å². The smallest absolute Gasteiger partial charge is 0.200 e. The van der Waals surface area contributed by atoms with Gasteiger partial charge in [0.2, 0.25) is 5.78 Å². The van der Waals surface area contributed by atoms with Crippen LogP contribution in [0.4, 0.5) is 0 Å². The van der Waals surface area contributed by atoms with Crippen LogP contribution in [0, 0.1) is 0 Å². The number of ketones is 1. The minimum Gasteiger partial charge on any atom is -0.508 e. The summed E-state index contributed by atoms with van der Waals surface area (Å²) in [6.45, 7) is 0. The first-order valence-electron chi connectivity index (χ1n) is 5.56. The zero-order chi connectivity index (χ0) is 12.5. The number of Topliss-reactive ketones (excluding diaryl/α,β-unsaturated/α-hetero) is 1. The minimum absolute atomic E-state index is 0.0728. The van der Waals surface area contributed by atoms with Crippen molar-refractivity contribution in [2.75, 3.05) is 0 Å². The molecule has 2 nitrogen and oxygen atoms in total. The topological polar surface area (TPSA) is 37.3 Å². The van der Waals surface area contributed by atoms with E-state index in [-0.39, 0.29) is 11.5 Å². The summed E-state index contributed by atoms with van der Waals surface area (Å²) < 4.78 is 0. The number of carbonyl (C=O) groups excluding carboxylic acids is 1. The van der Waals surface area contributed by atoms with Crippen molar-refractivity contribution in [2.45, 2.75) is 4.90 Å². The van der Waals surface area contributed by atoms with E-state index in [1.807, 2.05) is 30.3 Å². The lowest BCUT2D eigenvalue weighted by molar-refractivity contribution is 0.104. The van der Waals surface area contributed by atoms with Crippen molar-refractivity contribution in [3.05, 3.63) is 64.6 Å². The quantitative estimate of drug-likeness (QED) is 0.788. The number of allylic oxidation sites excluding steroid dienone is 1. The number of fused-ring (bicyclic) bond motifs is 1. The minimum atomic E-state index is 0.0728. The van der Waals surface area contributed by atoms with Gasteiger partial charge < -0.3 is 5.11 Å². The number of rotatable bonds is 1. The highest BCUT2D eigenvalue weighted by Gasteiger charge is 2.24. The van der Waals surface area contributed by atoms with Gasteiger partial charge in [-0.2, -0.15) is 0 Å². The number of aromatic hydroxyl groups is 1. The molecule has 0 aromatic heterocycles. The summed E-state index contributed by atoms with van der Waals surface area (Å²) in [6, 6.07) is 14.4. The van der Waals surface area contributed by atoms with Crippen molar-refractivity contribution >= 4 is 23.6 Å².